The van der Waals surface area contributed by atoms with Crippen LogP contribution in [0.3, 0.4) is 0 Å². The zero-order chi connectivity index (χ0) is 14.2. The molecule has 1 unspecified atom stereocenters. The summed E-state index contributed by atoms with van der Waals surface area (Å²) < 4.78 is 1.09. The van der Waals surface area contributed by atoms with E-state index in [-0.39, 0.29) is 0 Å². The molecule has 0 amide bonds. The molecule has 1 saturated carbocycles. The van der Waals surface area contributed by atoms with E-state index in [0.29, 0.717) is 5.92 Å². The van der Waals surface area contributed by atoms with Crippen molar-refractivity contribution in [3.8, 4) is 0 Å². The molecule has 1 aliphatic carbocycles. The van der Waals surface area contributed by atoms with Gasteiger partial charge in [0, 0.05) is 10.2 Å². The Morgan fingerprint density at radius 1 is 1.35 bits per heavy atom. The van der Waals surface area contributed by atoms with Gasteiger partial charge in [-0.05, 0) is 48.1 Å². The zero-order valence-electron chi connectivity index (χ0n) is 11.4. The van der Waals surface area contributed by atoms with Crippen LogP contribution in [0.2, 0.25) is 0 Å². The number of carbonyl (C=O) groups is 1. The molecule has 0 spiro atoms. The number of halogens is 1. The van der Waals surface area contributed by atoms with Crippen LogP contribution in [0.15, 0.2) is 22.7 Å². The minimum absolute atomic E-state index is 0.618. The average molecular weight is 355 g/mol. The molecule has 2 nitrogen and oxygen atoms in total. The Morgan fingerprint density at radius 3 is 2.65 bits per heavy atom. The lowest BCUT2D eigenvalue weighted by molar-refractivity contribution is -0.143. The first-order valence-corrected chi connectivity index (χ1v) is 9.19. The van der Waals surface area contributed by atoms with Gasteiger partial charge in [-0.3, -0.25) is 4.79 Å². The maximum absolute atomic E-state index is 11.8. The molecule has 1 saturated heterocycles. The van der Waals surface area contributed by atoms with Crippen LogP contribution in [0.5, 0.6) is 0 Å². The van der Waals surface area contributed by atoms with Crippen LogP contribution in [0.25, 0.3) is 0 Å². The molecule has 2 fully saturated rings. The van der Waals surface area contributed by atoms with Gasteiger partial charge in [0.25, 0.3) is 0 Å². The van der Waals surface area contributed by atoms with Crippen molar-refractivity contribution in [2.45, 2.75) is 43.4 Å². The summed E-state index contributed by atoms with van der Waals surface area (Å²) in [5.74, 6) is 2.37. The third-order valence-corrected chi connectivity index (χ3v) is 6.64. The molecule has 1 aliphatic heterocycles. The van der Waals surface area contributed by atoms with Gasteiger partial charge in [0.05, 0.1) is 5.41 Å². The quantitative estimate of drug-likeness (QED) is 0.863. The highest BCUT2D eigenvalue weighted by molar-refractivity contribution is 9.10. The Bertz CT molecular complexity index is 517. The summed E-state index contributed by atoms with van der Waals surface area (Å²) in [6.07, 6.45) is 4.81. The monoisotopic (exact) mass is 354 g/mol. The molecular formula is C16H19BrO2S. The SMILES string of the molecule is O=C(O)C1(c2ccc(C3CCSC3)c(Br)c2)CCCC1. The summed E-state index contributed by atoms with van der Waals surface area (Å²) in [4.78, 5) is 11.8. The normalized spacial score (nSPS) is 24.9. The van der Waals surface area contributed by atoms with E-state index in [2.05, 4.69) is 34.1 Å². The van der Waals surface area contributed by atoms with Gasteiger partial charge in [0.2, 0.25) is 0 Å². The van der Waals surface area contributed by atoms with E-state index in [0.717, 1.165) is 35.7 Å². The van der Waals surface area contributed by atoms with Crippen molar-refractivity contribution in [2.75, 3.05) is 11.5 Å². The van der Waals surface area contributed by atoms with Gasteiger partial charge in [-0.15, -0.1) is 0 Å². The van der Waals surface area contributed by atoms with Gasteiger partial charge < -0.3 is 5.11 Å². The highest BCUT2D eigenvalue weighted by Crippen LogP contribution is 2.44. The van der Waals surface area contributed by atoms with Gasteiger partial charge in [-0.25, -0.2) is 0 Å². The lowest BCUT2D eigenvalue weighted by Crippen LogP contribution is -2.32. The Morgan fingerprint density at radius 2 is 2.10 bits per heavy atom. The molecule has 108 valence electrons. The van der Waals surface area contributed by atoms with Gasteiger partial charge in [0.1, 0.15) is 0 Å². The molecule has 1 N–H and O–H groups in total. The Balaban J connectivity index is 1.95. The first-order chi connectivity index (χ1) is 9.63. The van der Waals surface area contributed by atoms with Crippen molar-refractivity contribution in [3.05, 3.63) is 33.8 Å². The van der Waals surface area contributed by atoms with Crippen LogP contribution < -0.4 is 0 Å². The number of thioether (sulfide) groups is 1. The van der Waals surface area contributed by atoms with Gasteiger partial charge in [0.15, 0.2) is 0 Å². The summed E-state index contributed by atoms with van der Waals surface area (Å²) in [7, 11) is 0. The average Bonchev–Trinajstić information content (AvgIpc) is 3.11. The van der Waals surface area contributed by atoms with Gasteiger partial charge in [-0.2, -0.15) is 11.8 Å². The lowest BCUT2D eigenvalue weighted by Gasteiger charge is -2.25. The second-order valence-corrected chi connectivity index (χ2v) is 7.90. The van der Waals surface area contributed by atoms with Crippen molar-refractivity contribution in [1.82, 2.24) is 0 Å². The number of hydrogen-bond donors (Lipinski definition) is 1. The van der Waals surface area contributed by atoms with Crippen LogP contribution in [-0.2, 0) is 10.2 Å². The molecule has 1 aromatic carbocycles. The summed E-state index contributed by atoms with van der Waals surface area (Å²) in [5, 5.41) is 9.67. The van der Waals surface area contributed by atoms with Crippen LogP contribution in [-0.4, -0.2) is 22.6 Å². The first-order valence-electron chi connectivity index (χ1n) is 7.24. The van der Waals surface area contributed by atoms with Crippen molar-refractivity contribution in [3.63, 3.8) is 0 Å². The fourth-order valence-electron chi connectivity index (χ4n) is 3.54. The van der Waals surface area contributed by atoms with E-state index in [1.165, 1.54) is 23.5 Å². The first kappa shape index (κ1) is 14.5. The van der Waals surface area contributed by atoms with Crippen molar-refractivity contribution in [1.29, 1.82) is 0 Å². The van der Waals surface area contributed by atoms with E-state index in [1.807, 2.05) is 11.8 Å². The van der Waals surface area contributed by atoms with Crippen molar-refractivity contribution >= 4 is 33.7 Å². The predicted molar refractivity (Wildman–Crippen MR) is 86.6 cm³/mol. The van der Waals surface area contributed by atoms with Crippen LogP contribution in [0.4, 0.5) is 0 Å². The van der Waals surface area contributed by atoms with E-state index < -0.39 is 11.4 Å². The Hall–Kier alpha value is -0.480. The highest BCUT2D eigenvalue weighted by Gasteiger charge is 2.43. The Labute approximate surface area is 132 Å². The van der Waals surface area contributed by atoms with Crippen LogP contribution in [0, 0.1) is 0 Å². The summed E-state index contributed by atoms with van der Waals surface area (Å²) >= 11 is 5.68. The van der Waals surface area contributed by atoms with E-state index in [9.17, 15) is 9.90 Å². The molecule has 0 bridgehead atoms. The molecule has 1 heterocycles. The van der Waals surface area contributed by atoms with E-state index in [4.69, 9.17) is 0 Å². The molecule has 1 aromatic rings. The van der Waals surface area contributed by atoms with E-state index >= 15 is 0 Å². The standard InChI is InChI=1S/C16H19BrO2S/c17-14-9-12(16(15(18)19)6-1-2-7-16)3-4-13(14)11-5-8-20-10-11/h3-4,9,11H,1-2,5-8,10H2,(H,18,19). The summed E-state index contributed by atoms with van der Waals surface area (Å²) in [6, 6.07) is 6.28. The molecule has 4 heteroatoms. The number of carboxylic acids is 1. The summed E-state index contributed by atoms with van der Waals surface area (Å²) in [5.41, 5.74) is 1.67. The second kappa shape index (κ2) is 5.72. The smallest absolute Gasteiger partial charge is 0.314 e. The van der Waals surface area contributed by atoms with Gasteiger partial charge in [-0.1, -0.05) is 40.9 Å². The van der Waals surface area contributed by atoms with Crippen molar-refractivity contribution < 1.29 is 9.90 Å². The van der Waals surface area contributed by atoms with Crippen molar-refractivity contribution in [2.24, 2.45) is 0 Å². The number of rotatable bonds is 3. The molecule has 0 radical (unpaired) electrons. The molecule has 20 heavy (non-hydrogen) atoms. The maximum Gasteiger partial charge on any atom is 0.314 e. The zero-order valence-corrected chi connectivity index (χ0v) is 13.8. The third kappa shape index (κ3) is 2.41. The Kier molecular flexibility index (Phi) is 4.14. The fraction of sp³-hybridized carbons (Fsp3) is 0.562. The van der Waals surface area contributed by atoms with Crippen LogP contribution in [0.1, 0.15) is 49.1 Å². The minimum atomic E-state index is -0.661. The third-order valence-electron chi connectivity index (χ3n) is 4.79. The fourth-order valence-corrected chi connectivity index (χ4v) is 5.49. The second-order valence-electron chi connectivity index (χ2n) is 5.89. The molecule has 3 rings (SSSR count). The molecule has 2 aliphatic rings. The lowest BCUT2D eigenvalue weighted by atomic mass is 9.78. The molecule has 1 atom stereocenters. The predicted octanol–water partition coefficient (Wildman–Crippen LogP) is 4.57. The van der Waals surface area contributed by atoms with Crippen LogP contribution >= 0.6 is 27.7 Å². The van der Waals surface area contributed by atoms with E-state index in [1.54, 1.807) is 0 Å². The largest absolute Gasteiger partial charge is 0.481 e. The summed E-state index contributed by atoms with van der Waals surface area (Å²) in [6.45, 7) is 0. The molecule has 0 aromatic heterocycles. The minimum Gasteiger partial charge on any atom is -0.481 e. The topological polar surface area (TPSA) is 37.3 Å². The maximum atomic E-state index is 11.8. The number of aliphatic carboxylic acids is 1. The molecular weight excluding hydrogens is 336 g/mol. The number of carboxylic acid groups (broad SMARTS) is 1. The highest BCUT2D eigenvalue weighted by atomic mass is 79.9. The number of hydrogen-bond acceptors (Lipinski definition) is 2. The number of benzene rings is 1. The van der Waals surface area contributed by atoms with Gasteiger partial charge >= 0.3 is 5.97 Å².